The van der Waals surface area contributed by atoms with Crippen LogP contribution in [0.25, 0.3) is 0 Å². The molecule has 3 nitrogen and oxygen atoms in total. The Kier molecular flexibility index (Phi) is 2.80. The van der Waals surface area contributed by atoms with Gasteiger partial charge in [-0.25, -0.2) is 8.42 Å². The number of hydrogen-bond donors (Lipinski definition) is 1. The van der Waals surface area contributed by atoms with Crippen LogP contribution in [0.15, 0.2) is 22.9 Å². The minimum absolute atomic E-state index is 0.655. The molecule has 0 saturated carbocycles. The van der Waals surface area contributed by atoms with Crippen molar-refractivity contribution < 1.29 is 8.42 Å². The number of sulfonamides is 1. The van der Waals surface area contributed by atoms with Gasteiger partial charge in [0.2, 0.25) is 10.0 Å². The number of halogens is 1. The highest BCUT2D eigenvalue weighted by Gasteiger charge is 2.07. The average molecular weight is 208 g/mol. The summed E-state index contributed by atoms with van der Waals surface area (Å²) < 4.78 is 24.0. The summed E-state index contributed by atoms with van der Waals surface area (Å²) in [7, 11) is -3.13. The van der Waals surface area contributed by atoms with Crippen molar-refractivity contribution in [1.82, 2.24) is 4.72 Å². The lowest BCUT2D eigenvalue weighted by atomic mass is 10.1. The lowest BCUT2D eigenvalue weighted by molar-refractivity contribution is 0.593. The highest BCUT2D eigenvalue weighted by atomic mass is 35.5. The Balaban J connectivity index is 2.68. The van der Waals surface area contributed by atoms with Crippen molar-refractivity contribution in [2.45, 2.75) is 12.8 Å². The maximum Gasteiger partial charge on any atom is 0.229 e. The molecule has 0 unspecified atom stereocenters. The molecule has 0 aromatic carbocycles. The second kappa shape index (κ2) is 3.49. The molecule has 12 heavy (non-hydrogen) atoms. The van der Waals surface area contributed by atoms with Crippen LogP contribution in [0.1, 0.15) is 12.8 Å². The summed E-state index contributed by atoms with van der Waals surface area (Å²) in [5.41, 5.74) is 0.696. The molecule has 0 aliphatic heterocycles. The van der Waals surface area contributed by atoms with E-state index in [1.807, 2.05) is 0 Å². The van der Waals surface area contributed by atoms with Crippen molar-refractivity contribution in [2.75, 3.05) is 6.26 Å². The standard InChI is InChI=1S/C7H10ClNO2S/c1-12(10,11)9-7-4-2-6(8)3-5-7/h2,4,9H,3,5H2,1H3. The van der Waals surface area contributed by atoms with E-state index in [0.29, 0.717) is 18.5 Å². The predicted octanol–water partition coefficient (Wildman–Crippen LogP) is 1.34. The maximum atomic E-state index is 10.8. The Hall–Kier alpha value is -0.480. The fraction of sp³-hybridized carbons (Fsp3) is 0.429. The van der Waals surface area contributed by atoms with E-state index in [9.17, 15) is 8.42 Å². The molecule has 0 fully saturated rings. The summed E-state index contributed by atoms with van der Waals surface area (Å²) in [6, 6.07) is 0. The first-order valence-electron chi connectivity index (χ1n) is 3.50. The highest BCUT2D eigenvalue weighted by Crippen LogP contribution is 2.19. The Morgan fingerprint density at radius 3 is 2.50 bits per heavy atom. The Morgan fingerprint density at radius 1 is 1.42 bits per heavy atom. The summed E-state index contributed by atoms with van der Waals surface area (Å²) in [5.74, 6) is 0. The van der Waals surface area contributed by atoms with Crippen LogP contribution in [0.3, 0.4) is 0 Å². The van der Waals surface area contributed by atoms with Gasteiger partial charge in [0.15, 0.2) is 0 Å². The van der Waals surface area contributed by atoms with E-state index < -0.39 is 10.0 Å². The molecule has 1 rings (SSSR count). The van der Waals surface area contributed by atoms with Crippen LogP contribution in [-0.4, -0.2) is 14.7 Å². The number of hydrogen-bond acceptors (Lipinski definition) is 2. The summed E-state index contributed by atoms with van der Waals surface area (Å²) in [6.07, 6.45) is 5.89. The molecule has 1 aliphatic carbocycles. The number of allylic oxidation sites excluding steroid dienone is 4. The summed E-state index contributed by atoms with van der Waals surface area (Å²) >= 11 is 5.69. The van der Waals surface area contributed by atoms with Crippen LogP contribution in [0.4, 0.5) is 0 Å². The van der Waals surface area contributed by atoms with E-state index in [1.54, 1.807) is 12.2 Å². The van der Waals surface area contributed by atoms with Gasteiger partial charge in [0.25, 0.3) is 0 Å². The van der Waals surface area contributed by atoms with Crippen molar-refractivity contribution in [3.8, 4) is 0 Å². The first-order chi connectivity index (χ1) is 5.47. The van der Waals surface area contributed by atoms with Gasteiger partial charge in [-0.1, -0.05) is 11.6 Å². The number of rotatable bonds is 2. The van der Waals surface area contributed by atoms with Gasteiger partial charge >= 0.3 is 0 Å². The van der Waals surface area contributed by atoms with Crippen LogP contribution in [0, 0.1) is 0 Å². The molecule has 0 aromatic rings. The van der Waals surface area contributed by atoms with Gasteiger partial charge in [-0.3, -0.25) is 4.72 Å². The smallest absolute Gasteiger partial charge is 0.229 e. The quantitative estimate of drug-likeness (QED) is 0.743. The Bertz CT molecular complexity index is 329. The predicted molar refractivity (Wildman–Crippen MR) is 49.2 cm³/mol. The van der Waals surface area contributed by atoms with E-state index in [1.165, 1.54) is 0 Å². The fourth-order valence-electron chi connectivity index (χ4n) is 0.935. The molecule has 0 atom stereocenters. The maximum absolute atomic E-state index is 10.8. The van der Waals surface area contributed by atoms with Crippen molar-refractivity contribution in [1.29, 1.82) is 0 Å². The molecule has 68 valence electrons. The second-order valence-corrected chi connectivity index (χ2v) is 4.91. The first kappa shape index (κ1) is 9.61. The van der Waals surface area contributed by atoms with Crippen LogP contribution in [-0.2, 0) is 10.0 Å². The number of nitrogens with one attached hydrogen (secondary N) is 1. The minimum atomic E-state index is -3.13. The van der Waals surface area contributed by atoms with Gasteiger partial charge in [-0.05, 0) is 25.0 Å². The van der Waals surface area contributed by atoms with Crippen molar-refractivity contribution in [3.63, 3.8) is 0 Å². The highest BCUT2D eigenvalue weighted by molar-refractivity contribution is 7.88. The topological polar surface area (TPSA) is 46.2 Å². The van der Waals surface area contributed by atoms with Crippen molar-refractivity contribution >= 4 is 21.6 Å². The van der Waals surface area contributed by atoms with Crippen molar-refractivity contribution in [3.05, 3.63) is 22.9 Å². The molecule has 0 radical (unpaired) electrons. The Morgan fingerprint density at radius 2 is 2.08 bits per heavy atom. The zero-order valence-electron chi connectivity index (χ0n) is 6.67. The van der Waals surface area contributed by atoms with Crippen LogP contribution < -0.4 is 4.72 Å². The average Bonchev–Trinajstić information content (AvgIpc) is 1.91. The fourth-order valence-corrected chi connectivity index (χ4v) is 1.74. The van der Waals surface area contributed by atoms with E-state index in [-0.39, 0.29) is 0 Å². The van der Waals surface area contributed by atoms with Gasteiger partial charge < -0.3 is 0 Å². The van der Waals surface area contributed by atoms with Crippen LogP contribution in [0.2, 0.25) is 0 Å². The molecule has 0 spiro atoms. The Labute approximate surface area is 77.2 Å². The normalized spacial score (nSPS) is 18.2. The molecule has 0 heterocycles. The van der Waals surface area contributed by atoms with E-state index in [2.05, 4.69) is 4.72 Å². The van der Waals surface area contributed by atoms with Gasteiger partial charge in [0, 0.05) is 10.7 Å². The zero-order chi connectivity index (χ0) is 9.19. The van der Waals surface area contributed by atoms with Gasteiger partial charge in [0.05, 0.1) is 6.26 Å². The van der Waals surface area contributed by atoms with E-state index in [0.717, 1.165) is 11.3 Å². The zero-order valence-corrected chi connectivity index (χ0v) is 8.24. The molecule has 0 amide bonds. The van der Waals surface area contributed by atoms with Crippen molar-refractivity contribution in [2.24, 2.45) is 0 Å². The largest absolute Gasteiger partial charge is 0.288 e. The molecule has 0 bridgehead atoms. The second-order valence-electron chi connectivity index (χ2n) is 2.68. The SMILES string of the molecule is CS(=O)(=O)NC1=CC=C(Cl)CC1. The van der Waals surface area contributed by atoms with Gasteiger partial charge in [-0.15, -0.1) is 0 Å². The summed E-state index contributed by atoms with van der Waals surface area (Å²) in [6.45, 7) is 0. The third-order valence-corrected chi connectivity index (χ3v) is 2.36. The van der Waals surface area contributed by atoms with Crippen LogP contribution in [0.5, 0.6) is 0 Å². The van der Waals surface area contributed by atoms with Gasteiger partial charge in [0.1, 0.15) is 0 Å². The molecule has 0 aromatic heterocycles. The molecule has 1 aliphatic rings. The van der Waals surface area contributed by atoms with Crippen LogP contribution >= 0.6 is 11.6 Å². The van der Waals surface area contributed by atoms with E-state index in [4.69, 9.17) is 11.6 Å². The minimum Gasteiger partial charge on any atom is -0.288 e. The van der Waals surface area contributed by atoms with E-state index >= 15 is 0 Å². The lowest BCUT2D eigenvalue weighted by Gasteiger charge is -2.11. The molecular formula is C7H10ClNO2S. The molecular weight excluding hydrogens is 198 g/mol. The molecule has 5 heteroatoms. The molecule has 0 saturated heterocycles. The lowest BCUT2D eigenvalue weighted by Crippen LogP contribution is -2.21. The third kappa shape index (κ3) is 3.28. The monoisotopic (exact) mass is 207 g/mol. The van der Waals surface area contributed by atoms with Gasteiger partial charge in [-0.2, -0.15) is 0 Å². The summed E-state index contributed by atoms with van der Waals surface area (Å²) in [5, 5.41) is 0.758. The first-order valence-corrected chi connectivity index (χ1v) is 5.77. The molecule has 1 N–H and O–H groups in total. The summed E-state index contributed by atoms with van der Waals surface area (Å²) in [4.78, 5) is 0. The third-order valence-electron chi connectivity index (χ3n) is 1.42.